The van der Waals surface area contributed by atoms with Gasteiger partial charge < -0.3 is 10.6 Å². The molecule has 0 atom stereocenters. The average Bonchev–Trinajstić information content (AvgIpc) is 2.26. The molecule has 0 bridgehead atoms. The van der Waals surface area contributed by atoms with Gasteiger partial charge in [-0.25, -0.2) is 9.89 Å². The highest BCUT2D eigenvalue weighted by Gasteiger charge is 2.22. The van der Waals surface area contributed by atoms with Crippen molar-refractivity contribution in [1.29, 1.82) is 0 Å². The molecule has 0 saturated heterocycles. The number of nitrogens with one attached hydrogen (secondary N) is 2. The molecule has 1 heterocycles. The molecular weight excluding hydrogens is 222 g/mol. The summed E-state index contributed by atoms with van der Waals surface area (Å²) in [7, 11) is 0. The molecule has 0 radical (unpaired) electrons. The molecule has 0 spiro atoms. The Morgan fingerprint density at radius 1 is 1.41 bits per heavy atom. The standard InChI is InChI=1S/C10H19N5O2/c1-4-15(6-10(2,3)5-11)7-8(16)12-9(17)14-13-7/h4-6,11H2,1-3H3,(H2,12,14,16,17). The zero-order chi connectivity index (χ0) is 13.1. The van der Waals surface area contributed by atoms with Crippen LogP contribution < -0.4 is 21.9 Å². The van der Waals surface area contributed by atoms with Crippen LogP contribution in [0.15, 0.2) is 9.59 Å². The first-order valence-electron chi connectivity index (χ1n) is 5.53. The molecule has 0 aliphatic heterocycles. The summed E-state index contributed by atoms with van der Waals surface area (Å²) in [6.45, 7) is 7.66. The molecule has 0 amide bonds. The number of aromatic nitrogens is 3. The minimum absolute atomic E-state index is 0.125. The molecule has 0 aliphatic rings. The van der Waals surface area contributed by atoms with E-state index in [2.05, 4.69) is 15.2 Å². The van der Waals surface area contributed by atoms with Crippen LogP contribution in [0.25, 0.3) is 0 Å². The van der Waals surface area contributed by atoms with Gasteiger partial charge in [-0.2, -0.15) is 0 Å². The van der Waals surface area contributed by atoms with Crippen molar-refractivity contribution in [1.82, 2.24) is 15.2 Å². The summed E-state index contributed by atoms with van der Waals surface area (Å²) in [5, 5.41) is 6.00. The minimum atomic E-state index is -0.604. The number of aromatic amines is 2. The largest absolute Gasteiger partial charge is 0.350 e. The second kappa shape index (κ2) is 5.13. The first-order chi connectivity index (χ1) is 7.89. The molecule has 7 nitrogen and oxygen atoms in total. The van der Waals surface area contributed by atoms with Gasteiger partial charge in [-0.15, -0.1) is 5.10 Å². The van der Waals surface area contributed by atoms with Crippen molar-refractivity contribution in [2.75, 3.05) is 24.5 Å². The van der Waals surface area contributed by atoms with Crippen LogP contribution in [-0.4, -0.2) is 34.8 Å². The number of rotatable bonds is 5. The zero-order valence-electron chi connectivity index (χ0n) is 10.4. The van der Waals surface area contributed by atoms with Crippen LogP contribution in [-0.2, 0) is 0 Å². The summed E-state index contributed by atoms with van der Waals surface area (Å²) in [6.07, 6.45) is 0. The van der Waals surface area contributed by atoms with Gasteiger partial charge in [0.2, 0.25) is 5.82 Å². The van der Waals surface area contributed by atoms with Crippen molar-refractivity contribution in [2.24, 2.45) is 11.1 Å². The van der Waals surface area contributed by atoms with E-state index >= 15 is 0 Å². The Kier molecular flexibility index (Phi) is 4.06. The third-order valence-electron chi connectivity index (χ3n) is 2.55. The van der Waals surface area contributed by atoms with Crippen molar-refractivity contribution >= 4 is 5.82 Å². The van der Waals surface area contributed by atoms with Gasteiger partial charge in [0.25, 0.3) is 5.56 Å². The highest BCUT2D eigenvalue weighted by atomic mass is 16.2. The van der Waals surface area contributed by atoms with Crippen LogP contribution in [0.1, 0.15) is 20.8 Å². The molecular formula is C10H19N5O2. The van der Waals surface area contributed by atoms with Crippen molar-refractivity contribution < 1.29 is 0 Å². The first kappa shape index (κ1) is 13.4. The van der Waals surface area contributed by atoms with E-state index < -0.39 is 11.2 Å². The van der Waals surface area contributed by atoms with Gasteiger partial charge in [0.05, 0.1) is 0 Å². The summed E-state index contributed by atoms with van der Waals surface area (Å²) in [4.78, 5) is 26.4. The second-order valence-corrected chi connectivity index (χ2v) is 4.71. The number of nitrogens with two attached hydrogens (primary N) is 1. The maximum atomic E-state index is 11.6. The third kappa shape index (κ3) is 3.42. The number of anilines is 1. The predicted molar refractivity (Wildman–Crippen MR) is 66.2 cm³/mol. The molecule has 0 fully saturated rings. The molecule has 0 unspecified atom stereocenters. The number of hydrogen-bond donors (Lipinski definition) is 3. The van der Waals surface area contributed by atoms with Crippen LogP contribution in [0, 0.1) is 5.41 Å². The Balaban J connectivity index is 3.02. The molecule has 1 rings (SSSR count). The van der Waals surface area contributed by atoms with E-state index in [1.54, 1.807) is 4.90 Å². The molecule has 0 aromatic carbocycles. The lowest BCUT2D eigenvalue weighted by atomic mass is 9.93. The predicted octanol–water partition coefficient (Wildman–Crippen LogP) is -0.731. The molecule has 0 saturated carbocycles. The van der Waals surface area contributed by atoms with E-state index in [1.165, 1.54) is 0 Å². The summed E-state index contributed by atoms with van der Waals surface area (Å²) < 4.78 is 0. The lowest BCUT2D eigenvalue weighted by molar-refractivity contribution is 0.378. The fraction of sp³-hybridized carbons (Fsp3) is 0.700. The fourth-order valence-electron chi connectivity index (χ4n) is 1.47. The molecule has 0 aliphatic carbocycles. The van der Waals surface area contributed by atoms with Crippen molar-refractivity contribution in [3.63, 3.8) is 0 Å². The van der Waals surface area contributed by atoms with E-state index in [0.717, 1.165) is 0 Å². The van der Waals surface area contributed by atoms with E-state index in [9.17, 15) is 9.59 Å². The highest BCUT2D eigenvalue weighted by Crippen LogP contribution is 2.16. The number of hydrogen-bond acceptors (Lipinski definition) is 5. The summed E-state index contributed by atoms with van der Waals surface area (Å²) in [5.74, 6) is 0.216. The zero-order valence-corrected chi connectivity index (χ0v) is 10.4. The smallest absolute Gasteiger partial charge is 0.342 e. The van der Waals surface area contributed by atoms with E-state index in [1.807, 2.05) is 20.8 Å². The van der Waals surface area contributed by atoms with Gasteiger partial charge in [-0.1, -0.05) is 13.8 Å². The van der Waals surface area contributed by atoms with Crippen LogP contribution in [0.2, 0.25) is 0 Å². The lowest BCUT2D eigenvalue weighted by Gasteiger charge is -2.30. The molecule has 1 aromatic rings. The molecule has 17 heavy (non-hydrogen) atoms. The molecule has 96 valence electrons. The Hall–Kier alpha value is -1.63. The maximum Gasteiger partial charge on any atom is 0.342 e. The summed E-state index contributed by atoms with van der Waals surface area (Å²) in [6, 6.07) is 0. The first-order valence-corrected chi connectivity index (χ1v) is 5.53. The van der Waals surface area contributed by atoms with Gasteiger partial charge in [-0.3, -0.25) is 9.78 Å². The van der Waals surface area contributed by atoms with Crippen LogP contribution in [0.3, 0.4) is 0 Å². The van der Waals surface area contributed by atoms with Gasteiger partial charge in [-0.05, 0) is 18.9 Å². The Morgan fingerprint density at radius 3 is 2.53 bits per heavy atom. The normalized spacial score (nSPS) is 11.5. The van der Waals surface area contributed by atoms with Gasteiger partial charge in [0.15, 0.2) is 0 Å². The Bertz CT molecular complexity index is 476. The maximum absolute atomic E-state index is 11.6. The quantitative estimate of drug-likeness (QED) is 0.630. The van der Waals surface area contributed by atoms with Crippen LogP contribution in [0.4, 0.5) is 5.82 Å². The minimum Gasteiger partial charge on any atom is -0.350 e. The van der Waals surface area contributed by atoms with Crippen molar-refractivity contribution in [2.45, 2.75) is 20.8 Å². The molecule has 7 heteroatoms. The van der Waals surface area contributed by atoms with Crippen molar-refractivity contribution in [3.8, 4) is 0 Å². The monoisotopic (exact) mass is 241 g/mol. The SMILES string of the molecule is CCN(CC(C)(C)CN)c1n[nH]c(=O)[nH]c1=O. The van der Waals surface area contributed by atoms with Crippen molar-refractivity contribution in [3.05, 3.63) is 20.8 Å². The summed E-state index contributed by atoms with van der Waals surface area (Å²) >= 11 is 0. The second-order valence-electron chi connectivity index (χ2n) is 4.71. The topological polar surface area (TPSA) is 108 Å². The molecule has 1 aromatic heterocycles. The Morgan fingerprint density at radius 2 is 2.06 bits per heavy atom. The van der Waals surface area contributed by atoms with E-state index in [-0.39, 0.29) is 11.2 Å². The molecule has 4 N–H and O–H groups in total. The summed E-state index contributed by atoms with van der Waals surface area (Å²) in [5.41, 5.74) is 4.45. The highest BCUT2D eigenvalue weighted by molar-refractivity contribution is 5.34. The fourth-order valence-corrected chi connectivity index (χ4v) is 1.47. The lowest BCUT2D eigenvalue weighted by Crippen LogP contribution is -2.42. The van der Waals surface area contributed by atoms with Gasteiger partial charge >= 0.3 is 5.69 Å². The average molecular weight is 241 g/mol. The van der Waals surface area contributed by atoms with E-state index in [0.29, 0.717) is 19.6 Å². The van der Waals surface area contributed by atoms with Crippen LogP contribution >= 0.6 is 0 Å². The third-order valence-corrected chi connectivity index (χ3v) is 2.55. The van der Waals surface area contributed by atoms with Gasteiger partial charge in [0.1, 0.15) is 0 Å². The number of H-pyrrole nitrogens is 2. The van der Waals surface area contributed by atoms with E-state index in [4.69, 9.17) is 5.73 Å². The number of nitrogens with zero attached hydrogens (tertiary/aromatic N) is 2. The van der Waals surface area contributed by atoms with Crippen LogP contribution in [0.5, 0.6) is 0 Å². The van der Waals surface area contributed by atoms with Gasteiger partial charge in [0, 0.05) is 13.1 Å². The Labute approximate surface area is 99.0 Å².